The van der Waals surface area contributed by atoms with Crippen LogP contribution in [0.4, 0.5) is 5.69 Å². The molecule has 3 aromatic rings. The lowest BCUT2D eigenvalue weighted by Crippen LogP contribution is -1.99. The number of para-hydroxylation sites is 2. The third kappa shape index (κ3) is 1.97. The van der Waals surface area contributed by atoms with E-state index < -0.39 is 0 Å². The molecule has 0 atom stereocenters. The third-order valence-electron chi connectivity index (χ3n) is 3.29. The molecule has 0 radical (unpaired) electrons. The van der Waals surface area contributed by atoms with Crippen molar-refractivity contribution < 1.29 is 0 Å². The van der Waals surface area contributed by atoms with E-state index in [0.717, 1.165) is 6.54 Å². The van der Waals surface area contributed by atoms with E-state index in [1.165, 1.54) is 27.7 Å². The number of benzene rings is 2. The lowest BCUT2D eigenvalue weighted by Gasteiger charge is -2.08. The summed E-state index contributed by atoms with van der Waals surface area (Å²) in [5.41, 5.74) is 4.97. The van der Waals surface area contributed by atoms with Gasteiger partial charge in [0.2, 0.25) is 0 Å². The Bertz CT molecular complexity index is 667. The van der Waals surface area contributed by atoms with Crippen LogP contribution >= 0.6 is 0 Å². The molecule has 2 N–H and O–H groups in total. The van der Waals surface area contributed by atoms with Crippen LogP contribution in [-0.2, 0) is 6.54 Å². The Morgan fingerprint density at radius 2 is 1.78 bits per heavy atom. The molecule has 2 heteroatoms. The molecule has 0 aliphatic carbocycles. The minimum Gasteiger partial charge on any atom is -0.381 e. The molecule has 90 valence electrons. The van der Waals surface area contributed by atoms with Gasteiger partial charge in [0.15, 0.2) is 0 Å². The summed E-state index contributed by atoms with van der Waals surface area (Å²) in [6.07, 6.45) is 2.08. The maximum atomic E-state index is 3.49. The fraction of sp³-hybridized carbons (Fsp3) is 0.125. The van der Waals surface area contributed by atoms with Crippen LogP contribution in [0.3, 0.4) is 0 Å². The highest BCUT2D eigenvalue weighted by Crippen LogP contribution is 2.20. The molecule has 0 fully saturated rings. The summed E-state index contributed by atoms with van der Waals surface area (Å²) < 4.78 is 0. The molecule has 2 nitrogen and oxygen atoms in total. The van der Waals surface area contributed by atoms with Gasteiger partial charge in [-0.15, -0.1) is 0 Å². The van der Waals surface area contributed by atoms with Crippen molar-refractivity contribution in [3.63, 3.8) is 0 Å². The van der Waals surface area contributed by atoms with E-state index in [0.29, 0.717) is 0 Å². The Labute approximate surface area is 107 Å². The predicted octanol–water partition coefficient (Wildman–Crippen LogP) is 4.09. The second-order valence-corrected chi connectivity index (χ2v) is 4.53. The standard InChI is InChI=1S/C16H16N2/c1-12-6-2-4-8-15(12)17-10-13-11-18-16-9-5-3-7-14(13)16/h2-9,11,17-18H,10H2,1H3. The van der Waals surface area contributed by atoms with E-state index in [9.17, 15) is 0 Å². The Hall–Kier alpha value is -2.22. The van der Waals surface area contributed by atoms with Gasteiger partial charge in [0.1, 0.15) is 0 Å². The fourth-order valence-electron chi connectivity index (χ4n) is 2.24. The van der Waals surface area contributed by atoms with E-state index in [1.54, 1.807) is 0 Å². The van der Waals surface area contributed by atoms with Gasteiger partial charge in [-0.05, 0) is 30.2 Å². The Kier molecular flexibility index (Phi) is 2.77. The number of hydrogen-bond acceptors (Lipinski definition) is 1. The number of fused-ring (bicyclic) bond motifs is 1. The van der Waals surface area contributed by atoms with E-state index in [2.05, 4.69) is 72.0 Å². The number of rotatable bonds is 3. The van der Waals surface area contributed by atoms with E-state index in [4.69, 9.17) is 0 Å². The highest BCUT2D eigenvalue weighted by atomic mass is 14.9. The number of hydrogen-bond donors (Lipinski definition) is 2. The maximum Gasteiger partial charge on any atom is 0.0457 e. The molecule has 2 aromatic carbocycles. The van der Waals surface area contributed by atoms with Crippen molar-refractivity contribution in [3.8, 4) is 0 Å². The highest BCUT2D eigenvalue weighted by molar-refractivity contribution is 5.83. The molecule has 1 heterocycles. The van der Waals surface area contributed by atoms with E-state index in [1.807, 2.05) is 0 Å². The molecular weight excluding hydrogens is 220 g/mol. The van der Waals surface area contributed by atoms with Gasteiger partial charge in [-0.2, -0.15) is 0 Å². The normalized spacial score (nSPS) is 10.7. The van der Waals surface area contributed by atoms with Crippen molar-refractivity contribution in [2.45, 2.75) is 13.5 Å². The monoisotopic (exact) mass is 236 g/mol. The minimum absolute atomic E-state index is 0.842. The largest absolute Gasteiger partial charge is 0.381 e. The Morgan fingerprint density at radius 3 is 2.67 bits per heavy atom. The van der Waals surface area contributed by atoms with Crippen molar-refractivity contribution in [1.82, 2.24) is 4.98 Å². The second kappa shape index (κ2) is 4.57. The van der Waals surface area contributed by atoms with Crippen LogP contribution in [0.5, 0.6) is 0 Å². The SMILES string of the molecule is Cc1ccccc1NCc1c[nH]c2ccccc12. The van der Waals surface area contributed by atoms with E-state index in [-0.39, 0.29) is 0 Å². The molecular formula is C16H16N2. The average molecular weight is 236 g/mol. The minimum atomic E-state index is 0.842. The Morgan fingerprint density at radius 1 is 1.00 bits per heavy atom. The van der Waals surface area contributed by atoms with Crippen LogP contribution in [0.25, 0.3) is 10.9 Å². The van der Waals surface area contributed by atoms with Gasteiger partial charge in [-0.1, -0.05) is 36.4 Å². The van der Waals surface area contributed by atoms with Crippen molar-refractivity contribution in [1.29, 1.82) is 0 Å². The number of anilines is 1. The molecule has 0 saturated heterocycles. The third-order valence-corrected chi connectivity index (χ3v) is 3.29. The van der Waals surface area contributed by atoms with Crippen molar-refractivity contribution in [2.75, 3.05) is 5.32 Å². The summed E-state index contributed by atoms with van der Waals surface area (Å²) in [6.45, 7) is 2.96. The first-order valence-corrected chi connectivity index (χ1v) is 6.19. The summed E-state index contributed by atoms with van der Waals surface area (Å²) in [5.74, 6) is 0. The molecule has 0 aliphatic heterocycles. The van der Waals surface area contributed by atoms with Gasteiger partial charge in [0.25, 0.3) is 0 Å². The molecule has 3 rings (SSSR count). The zero-order valence-electron chi connectivity index (χ0n) is 10.4. The topological polar surface area (TPSA) is 27.8 Å². The van der Waals surface area contributed by atoms with Gasteiger partial charge < -0.3 is 10.3 Å². The smallest absolute Gasteiger partial charge is 0.0457 e. The zero-order valence-corrected chi connectivity index (χ0v) is 10.4. The predicted molar refractivity (Wildman–Crippen MR) is 76.8 cm³/mol. The first kappa shape index (κ1) is 10.9. The number of aryl methyl sites for hydroxylation is 1. The maximum absolute atomic E-state index is 3.49. The van der Waals surface area contributed by atoms with Gasteiger partial charge >= 0.3 is 0 Å². The molecule has 1 aromatic heterocycles. The van der Waals surface area contributed by atoms with Gasteiger partial charge in [0, 0.05) is 29.3 Å². The summed E-state index contributed by atoms with van der Waals surface area (Å²) in [7, 11) is 0. The molecule has 0 spiro atoms. The summed E-state index contributed by atoms with van der Waals surface area (Å²) in [4.78, 5) is 3.30. The summed E-state index contributed by atoms with van der Waals surface area (Å²) in [6, 6.07) is 16.7. The van der Waals surface area contributed by atoms with Crippen LogP contribution in [-0.4, -0.2) is 4.98 Å². The number of aromatic amines is 1. The highest BCUT2D eigenvalue weighted by Gasteiger charge is 2.03. The average Bonchev–Trinajstić information content (AvgIpc) is 2.81. The molecule has 0 bridgehead atoms. The lowest BCUT2D eigenvalue weighted by molar-refractivity contribution is 1.15. The van der Waals surface area contributed by atoms with Crippen molar-refractivity contribution in [2.24, 2.45) is 0 Å². The van der Waals surface area contributed by atoms with Crippen LogP contribution in [0.15, 0.2) is 54.7 Å². The molecule has 0 aliphatic rings. The van der Waals surface area contributed by atoms with Crippen molar-refractivity contribution in [3.05, 3.63) is 65.9 Å². The molecule has 0 unspecified atom stereocenters. The Balaban J connectivity index is 1.83. The van der Waals surface area contributed by atoms with Gasteiger partial charge in [-0.3, -0.25) is 0 Å². The second-order valence-electron chi connectivity index (χ2n) is 4.53. The molecule has 18 heavy (non-hydrogen) atoms. The first-order chi connectivity index (χ1) is 8.84. The van der Waals surface area contributed by atoms with Crippen LogP contribution in [0, 0.1) is 6.92 Å². The van der Waals surface area contributed by atoms with Crippen molar-refractivity contribution >= 4 is 16.6 Å². The van der Waals surface area contributed by atoms with Gasteiger partial charge in [0.05, 0.1) is 0 Å². The number of nitrogens with one attached hydrogen (secondary N) is 2. The molecule has 0 saturated carbocycles. The van der Waals surface area contributed by atoms with E-state index >= 15 is 0 Å². The van der Waals surface area contributed by atoms with Crippen LogP contribution in [0.2, 0.25) is 0 Å². The fourth-order valence-corrected chi connectivity index (χ4v) is 2.24. The first-order valence-electron chi connectivity index (χ1n) is 6.19. The number of H-pyrrole nitrogens is 1. The van der Waals surface area contributed by atoms with Crippen LogP contribution in [0.1, 0.15) is 11.1 Å². The lowest BCUT2D eigenvalue weighted by atomic mass is 10.1. The van der Waals surface area contributed by atoms with Gasteiger partial charge in [-0.25, -0.2) is 0 Å². The quantitative estimate of drug-likeness (QED) is 0.704. The van der Waals surface area contributed by atoms with Crippen LogP contribution < -0.4 is 5.32 Å². The summed E-state index contributed by atoms with van der Waals surface area (Å²) in [5, 5.41) is 4.78. The summed E-state index contributed by atoms with van der Waals surface area (Å²) >= 11 is 0. The number of aromatic nitrogens is 1. The zero-order chi connectivity index (χ0) is 12.4. The molecule has 0 amide bonds.